The highest BCUT2D eigenvalue weighted by atomic mass is 15.4. The third-order valence-corrected chi connectivity index (χ3v) is 3.33. The van der Waals surface area contributed by atoms with Crippen molar-refractivity contribution in [3.63, 3.8) is 0 Å². The lowest BCUT2D eigenvalue weighted by Crippen LogP contribution is -2.07. The van der Waals surface area contributed by atoms with Crippen LogP contribution in [0.2, 0.25) is 0 Å². The maximum Gasteiger partial charge on any atom is 0.113 e. The standard InChI is InChI=1S/C16H17N5/c1-20(2)14-7-3-12(4-8-14)16-11-21(19-18-16)15-9-5-13(17)6-10-15/h3-11H,17H2,1-2H3. The molecule has 0 fully saturated rings. The molecule has 2 N–H and O–H groups in total. The summed E-state index contributed by atoms with van der Waals surface area (Å²) < 4.78 is 1.74. The molecule has 1 aromatic heterocycles. The van der Waals surface area contributed by atoms with Crippen molar-refractivity contribution in [3.8, 4) is 16.9 Å². The number of aromatic nitrogens is 3. The van der Waals surface area contributed by atoms with Crippen LogP contribution in [0.1, 0.15) is 0 Å². The lowest BCUT2D eigenvalue weighted by atomic mass is 10.1. The Morgan fingerprint density at radius 2 is 1.62 bits per heavy atom. The van der Waals surface area contributed by atoms with Crippen LogP contribution in [0.4, 0.5) is 11.4 Å². The van der Waals surface area contributed by atoms with Gasteiger partial charge in [-0.15, -0.1) is 5.10 Å². The van der Waals surface area contributed by atoms with Gasteiger partial charge in [-0.25, -0.2) is 4.68 Å². The van der Waals surface area contributed by atoms with Gasteiger partial charge >= 0.3 is 0 Å². The number of anilines is 2. The molecule has 0 radical (unpaired) electrons. The SMILES string of the molecule is CN(C)c1ccc(-c2cn(-c3ccc(N)cc3)nn2)cc1. The summed E-state index contributed by atoms with van der Waals surface area (Å²) in [7, 11) is 4.04. The van der Waals surface area contributed by atoms with Crippen LogP contribution in [-0.2, 0) is 0 Å². The van der Waals surface area contributed by atoms with Crippen molar-refractivity contribution in [2.45, 2.75) is 0 Å². The Balaban J connectivity index is 1.89. The minimum Gasteiger partial charge on any atom is -0.399 e. The maximum absolute atomic E-state index is 5.69. The Kier molecular flexibility index (Phi) is 3.31. The molecule has 2 aromatic carbocycles. The van der Waals surface area contributed by atoms with Gasteiger partial charge in [-0.3, -0.25) is 0 Å². The van der Waals surface area contributed by atoms with Crippen LogP contribution in [0.3, 0.4) is 0 Å². The molecule has 0 aliphatic carbocycles. The number of nitrogen functional groups attached to an aromatic ring is 1. The van der Waals surface area contributed by atoms with Crippen molar-refractivity contribution in [3.05, 3.63) is 54.7 Å². The van der Waals surface area contributed by atoms with E-state index in [2.05, 4.69) is 27.3 Å². The summed E-state index contributed by atoms with van der Waals surface area (Å²) in [6.07, 6.45) is 1.91. The molecular formula is C16H17N5. The van der Waals surface area contributed by atoms with Gasteiger partial charge in [-0.05, 0) is 36.4 Å². The van der Waals surface area contributed by atoms with Crippen molar-refractivity contribution >= 4 is 11.4 Å². The fourth-order valence-corrected chi connectivity index (χ4v) is 2.08. The molecule has 0 bridgehead atoms. The first kappa shape index (κ1) is 13.2. The third kappa shape index (κ3) is 2.72. The molecule has 0 aliphatic heterocycles. The third-order valence-electron chi connectivity index (χ3n) is 3.33. The van der Waals surface area contributed by atoms with Gasteiger partial charge < -0.3 is 10.6 Å². The average molecular weight is 279 g/mol. The largest absolute Gasteiger partial charge is 0.399 e. The lowest BCUT2D eigenvalue weighted by Gasteiger charge is -2.11. The predicted octanol–water partition coefficient (Wildman–Crippen LogP) is 2.58. The fourth-order valence-electron chi connectivity index (χ4n) is 2.08. The molecule has 0 saturated heterocycles. The molecule has 0 amide bonds. The maximum atomic E-state index is 5.69. The van der Waals surface area contributed by atoms with E-state index < -0.39 is 0 Å². The molecule has 21 heavy (non-hydrogen) atoms. The zero-order valence-corrected chi connectivity index (χ0v) is 12.1. The van der Waals surface area contributed by atoms with E-state index in [-0.39, 0.29) is 0 Å². The molecule has 5 nitrogen and oxygen atoms in total. The molecule has 106 valence electrons. The van der Waals surface area contributed by atoms with E-state index in [1.807, 2.05) is 56.7 Å². The number of hydrogen-bond acceptors (Lipinski definition) is 4. The van der Waals surface area contributed by atoms with E-state index in [1.165, 1.54) is 0 Å². The normalized spacial score (nSPS) is 10.6. The first-order valence-electron chi connectivity index (χ1n) is 6.69. The average Bonchev–Trinajstić information content (AvgIpc) is 2.98. The molecule has 3 aromatic rings. The van der Waals surface area contributed by atoms with Crippen LogP contribution in [0.5, 0.6) is 0 Å². The van der Waals surface area contributed by atoms with Gasteiger partial charge in [-0.2, -0.15) is 0 Å². The van der Waals surface area contributed by atoms with Crippen LogP contribution in [0.15, 0.2) is 54.7 Å². The van der Waals surface area contributed by atoms with E-state index in [0.29, 0.717) is 0 Å². The monoisotopic (exact) mass is 279 g/mol. The molecule has 5 heteroatoms. The Bertz CT molecular complexity index is 726. The second kappa shape index (κ2) is 5.28. The van der Waals surface area contributed by atoms with Gasteiger partial charge in [0, 0.05) is 31.0 Å². The van der Waals surface area contributed by atoms with Crippen LogP contribution in [0, 0.1) is 0 Å². The summed E-state index contributed by atoms with van der Waals surface area (Å²) in [5.41, 5.74) is 10.4. The van der Waals surface area contributed by atoms with Gasteiger partial charge in [0.2, 0.25) is 0 Å². The van der Waals surface area contributed by atoms with Crippen molar-refractivity contribution in [2.75, 3.05) is 24.7 Å². The van der Waals surface area contributed by atoms with E-state index in [4.69, 9.17) is 5.73 Å². The number of nitrogens with zero attached hydrogens (tertiary/aromatic N) is 4. The Morgan fingerprint density at radius 3 is 2.24 bits per heavy atom. The molecule has 0 unspecified atom stereocenters. The quantitative estimate of drug-likeness (QED) is 0.749. The highest BCUT2D eigenvalue weighted by molar-refractivity contribution is 5.62. The predicted molar refractivity (Wildman–Crippen MR) is 85.5 cm³/mol. The second-order valence-electron chi connectivity index (χ2n) is 5.08. The van der Waals surface area contributed by atoms with E-state index in [0.717, 1.165) is 28.3 Å². The van der Waals surface area contributed by atoms with Crippen molar-refractivity contribution in [1.82, 2.24) is 15.0 Å². The number of rotatable bonds is 3. The molecule has 0 aliphatic rings. The van der Waals surface area contributed by atoms with E-state index in [9.17, 15) is 0 Å². The molecule has 0 saturated carbocycles. The minimum atomic E-state index is 0.735. The second-order valence-corrected chi connectivity index (χ2v) is 5.08. The van der Waals surface area contributed by atoms with Crippen LogP contribution < -0.4 is 10.6 Å². The van der Waals surface area contributed by atoms with Gasteiger partial charge in [0.25, 0.3) is 0 Å². The number of nitrogens with two attached hydrogens (primary N) is 1. The van der Waals surface area contributed by atoms with E-state index in [1.54, 1.807) is 4.68 Å². The van der Waals surface area contributed by atoms with Gasteiger partial charge in [0.05, 0.1) is 11.9 Å². The zero-order valence-electron chi connectivity index (χ0n) is 12.1. The highest BCUT2D eigenvalue weighted by Gasteiger charge is 2.05. The molecule has 0 spiro atoms. The summed E-state index contributed by atoms with van der Waals surface area (Å²) in [4.78, 5) is 2.06. The van der Waals surface area contributed by atoms with Gasteiger partial charge in [0.1, 0.15) is 5.69 Å². The van der Waals surface area contributed by atoms with Crippen LogP contribution >= 0.6 is 0 Å². The minimum absolute atomic E-state index is 0.735. The number of benzene rings is 2. The summed E-state index contributed by atoms with van der Waals surface area (Å²) in [6, 6.07) is 15.8. The molecular weight excluding hydrogens is 262 g/mol. The summed E-state index contributed by atoms with van der Waals surface area (Å²) in [5.74, 6) is 0. The topological polar surface area (TPSA) is 60.0 Å². The summed E-state index contributed by atoms with van der Waals surface area (Å²) in [6.45, 7) is 0. The Labute approximate surface area is 123 Å². The van der Waals surface area contributed by atoms with Crippen molar-refractivity contribution < 1.29 is 0 Å². The van der Waals surface area contributed by atoms with Gasteiger partial charge in [0.15, 0.2) is 0 Å². The smallest absolute Gasteiger partial charge is 0.113 e. The van der Waals surface area contributed by atoms with Crippen LogP contribution in [-0.4, -0.2) is 29.1 Å². The van der Waals surface area contributed by atoms with Crippen molar-refractivity contribution in [1.29, 1.82) is 0 Å². The first-order chi connectivity index (χ1) is 10.1. The lowest BCUT2D eigenvalue weighted by molar-refractivity contribution is 0.804. The highest BCUT2D eigenvalue weighted by Crippen LogP contribution is 2.21. The summed E-state index contributed by atoms with van der Waals surface area (Å²) >= 11 is 0. The fraction of sp³-hybridized carbons (Fsp3) is 0.125. The Morgan fingerprint density at radius 1 is 0.952 bits per heavy atom. The number of hydrogen-bond donors (Lipinski definition) is 1. The molecule has 3 rings (SSSR count). The molecule has 0 atom stereocenters. The van der Waals surface area contributed by atoms with E-state index >= 15 is 0 Å². The van der Waals surface area contributed by atoms with Gasteiger partial charge in [-0.1, -0.05) is 17.3 Å². The summed E-state index contributed by atoms with van der Waals surface area (Å²) in [5, 5.41) is 8.39. The zero-order chi connectivity index (χ0) is 14.8. The Hall–Kier alpha value is -2.82. The van der Waals surface area contributed by atoms with Crippen molar-refractivity contribution in [2.24, 2.45) is 0 Å². The van der Waals surface area contributed by atoms with Crippen LogP contribution in [0.25, 0.3) is 16.9 Å². The molecule has 1 heterocycles. The first-order valence-corrected chi connectivity index (χ1v) is 6.69.